The van der Waals surface area contributed by atoms with Gasteiger partial charge in [0.15, 0.2) is 0 Å². The molecule has 0 aromatic carbocycles. The molecule has 0 aromatic rings. The quantitative estimate of drug-likeness (QED) is 0.605. The smallest absolute Gasteiger partial charge is 0.305 e. The molecule has 0 saturated carbocycles. The first kappa shape index (κ1) is 18.9. The van der Waals surface area contributed by atoms with Gasteiger partial charge in [0.1, 0.15) is 0 Å². The average molecular weight is 286 g/mol. The number of aliphatic carboxylic acids is 1. The first-order valence-electron chi connectivity index (χ1n) is 7.41. The van der Waals surface area contributed by atoms with Gasteiger partial charge >= 0.3 is 5.97 Å². The first-order chi connectivity index (χ1) is 9.20. The highest BCUT2D eigenvalue weighted by atomic mass is 16.4. The maximum absolute atomic E-state index is 11.9. The molecule has 2 unspecified atom stereocenters. The number of nitrogens with two attached hydrogens (primary N) is 1. The molecule has 2 atom stereocenters. The van der Waals surface area contributed by atoms with E-state index in [1.165, 1.54) is 0 Å². The Labute approximate surface area is 122 Å². The molecule has 0 aliphatic rings. The van der Waals surface area contributed by atoms with Crippen LogP contribution >= 0.6 is 0 Å². The molecule has 5 nitrogen and oxygen atoms in total. The Kier molecular flexibility index (Phi) is 8.46. The molecule has 0 saturated heterocycles. The van der Waals surface area contributed by atoms with E-state index < -0.39 is 5.97 Å². The lowest BCUT2D eigenvalue weighted by atomic mass is 9.76. The average Bonchev–Trinajstić information content (AvgIpc) is 2.31. The van der Waals surface area contributed by atoms with E-state index >= 15 is 0 Å². The summed E-state index contributed by atoms with van der Waals surface area (Å²) in [5.41, 5.74) is 5.75. The Balaban J connectivity index is 4.28. The van der Waals surface area contributed by atoms with Crippen molar-refractivity contribution in [3.8, 4) is 0 Å². The second-order valence-electron chi connectivity index (χ2n) is 6.45. The minimum Gasteiger partial charge on any atom is -0.481 e. The van der Waals surface area contributed by atoms with E-state index in [2.05, 4.69) is 26.1 Å². The maximum atomic E-state index is 11.9. The van der Waals surface area contributed by atoms with Crippen molar-refractivity contribution in [3.05, 3.63) is 0 Å². The monoisotopic (exact) mass is 286 g/mol. The number of rotatable bonds is 9. The number of nitrogens with one attached hydrogen (secondary N) is 1. The molecule has 0 aliphatic carbocycles. The summed E-state index contributed by atoms with van der Waals surface area (Å²) in [6, 6.07) is -0.275. The molecule has 0 bridgehead atoms. The third-order valence-electron chi connectivity index (χ3n) is 3.74. The van der Waals surface area contributed by atoms with Crippen LogP contribution in [0.1, 0.15) is 59.8 Å². The van der Waals surface area contributed by atoms with Gasteiger partial charge in [-0.05, 0) is 37.1 Å². The second-order valence-corrected chi connectivity index (χ2v) is 6.45. The Morgan fingerprint density at radius 2 is 1.85 bits per heavy atom. The molecule has 1 amide bonds. The topological polar surface area (TPSA) is 92.4 Å². The summed E-state index contributed by atoms with van der Waals surface area (Å²) in [5, 5.41) is 11.6. The first-order valence-corrected chi connectivity index (χ1v) is 7.41. The van der Waals surface area contributed by atoms with E-state index in [4.69, 9.17) is 10.8 Å². The van der Waals surface area contributed by atoms with Gasteiger partial charge in [-0.3, -0.25) is 9.59 Å². The minimum atomic E-state index is -0.882. The third kappa shape index (κ3) is 8.15. The summed E-state index contributed by atoms with van der Waals surface area (Å²) >= 11 is 0. The van der Waals surface area contributed by atoms with Crippen LogP contribution in [0.4, 0.5) is 0 Å². The molecule has 118 valence electrons. The third-order valence-corrected chi connectivity index (χ3v) is 3.74. The number of carbonyl (C=O) groups is 2. The van der Waals surface area contributed by atoms with Crippen LogP contribution in [0.5, 0.6) is 0 Å². The van der Waals surface area contributed by atoms with Crippen LogP contribution in [0.2, 0.25) is 0 Å². The summed E-state index contributed by atoms with van der Waals surface area (Å²) < 4.78 is 0. The van der Waals surface area contributed by atoms with Gasteiger partial charge in [0.2, 0.25) is 5.91 Å². The lowest BCUT2D eigenvalue weighted by Gasteiger charge is -2.30. The lowest BCUT2D eigenvalue weighted by Crippen LogP contribution is -2.36. The zero-order valence-corrected chi connectivity index (χ0v) is 13.2. The molecule has 4 N–H and O–H groups in total. The normalized spacial score (nSPS) is 14.7. The number of hydrogen-bond acceptors (Lipinski definition) is 3. The molecule has 0 heterocycles. The molecule has 0 spiro atoms. The van der Waals surface area contributed by atoms with Gasteiger partial charge in [-0.2, -0.15) is 0 Å². The Bertz CT molecular complexity index is 311. The molecular formula is C15H30N2O3. The van der Waals surface area contributed by atoms with Crippen LogP contribution in [0, 0.1) is 11.3 Å². The van der Waals surface area contributed by atoms with Gasteiger partial charge in [-0.1, -0.05) is 27.7 Å². The summed E-state index contributed by atoms with van der Waals surface area (Å²) in [5.74, 6) is -0.546. The van der Waals surface area contributed by atoms with Crippen LogP contribution in [0.15, 0.2) is 0 Å². The number of carboxylic acids is 1. The fraction of sp³-hybridized carbons (Fsp3) is 0.867. The molecule has 0 aliphatic heterocycles. The van der Waals surface area contributed by atoms with Crippen LogP contribution < -0.4 is 11.1 Å². The standard InChI is InChI=1S/C15H30N2O3/c1-5-12(10-14(19)20)17-13(18)7-6-11(8-9-16)15(2,3)4/h11-12H,5-10,16H2,1-4H3,(H,17,18)(H,19,20). The van der Waals surface area contributed by atoms with Gasteiger partial charge in [0.25, 0.3) is 0 Å². The van der Waals surface area contributed by atoms with E-state index in [-0.39, 0.29) is 23.8 Å². The summed E-state index contributed by atoms with van der Waals surface area (Å²) in [6.45, 7) is 8.97. The van der Waals surface area contributed by atoms with Gasteiger partial charge in [0, 0.05) is 12.5 Å². The minimum absolute atomic E-state index is 0.0201. The Morgan fingerprint density at radius 3 is 2.25 bits per heavy atom. The van der Waals surface area contributed by atoms with Crippen molar-refractivity contribution in [2.45, 2.75) is 65.8 Å². The zero-order valence-electron chi connectivity index (χ0n) is 13.2. The van der Waals surface area contributed by atoms with Gasteiger partial charge in [-0.25, -0.2) is 0 Å². The summed E-state index contributed by atoms with van der Waals surface area (Å²) in [4.78, 5) is 22.6. The predicted molar refractivity (Wildman–Crippen MR) is 80.3 cm³/mol. The molecule has 5 heteroatoms. The van der Waals surface area contributed by atoms with Gasteiger partial charge < -0.3 is 16.2 Å². The maximum Gasteiger partial charge on any atom is 0.305 e. The van der Waals surface area contributed by atoms with Crippen molar-refractivity contribution >= 4 is 11.9 Å². The second kappa shape index (κ2) is 8.95. The van der Waals surface area contributed by atoms with Crippen LogP contribution in [-0.4, -0.2) is 29.6 Å². The van der Waals surface area contributed by atoms with E-state index in [9.17, 15) is 9.59 Å². The van der Waals surface area contributed by atoms with Crippen molar-refractivity contribution < 1.29 is 14.7 Å². The zero-order chi connectivity index (χ0) is 15.8. The SMILES string of the molecule is CCC(CC(=O)O)NC(=O)CCC(CCN)C(C)(C)C. The van der Waals surface area contributed by atoms with E-state index in [1.54, 1.807) is 0 Å². The van der Waals surface area contributed by atoms with E-state index in [0.29, 0.717) is 25.3 Å². The highest BCUT2D eigenvalue weighted by Gasteiger charge is 2.24. The van der Waals surface area contributed by atoms with E-state index in [1.807, 2.05) is 6.92 Å². The van der Waals surface area contributed by atoms with Crippen LogP contribution in [0.25, 0.3) is 0 Å². The van der Waals surface area contributed by atoms with Crippen molar-refractivity contribution in [1.29, 1.82) is 0 Å². The largest absolute Gasteiger partial charge is 0.481 e. The van der Waals surface area contributed by atoms with Crippen molar-refractivity contribution in [2.24, 2.45) is 17.1 Å². The predicted octanol–water partition coefficient (Wildman–Crippen LogP) is 2.15. The van der Waals surface area contributed by atoms with E-state index in [0.717, 1.165) is 12.8 Å². The van der Waals surface area contributed by atoms with Crippen LogP contribution in [0.3, 0.4) is 0 Å². The molecule has 20 heavy (non-hydrogen) atoms. The number of amides is 1. The lowest BCUT2D eigenvalue weighted by molar-refractivity contribution is -0.137. The van der Waals surface area contributed by atoms with Crippen molar-refractivity contribution in [3.63, 3.8) is 0 Å². The highest BCUT2D eigenvalue weighted by Crippen LogP contribution is 2.32. The van der Waals surface area contributed by atoms with Crippen molar-refractivity contribution in [1.82, 2.24) is 5.32 Å². The van der Waals surface area contributed by atoms with Gasteiger partial charge in [-0.15, -0.1) is 0 Å². The summed E-state index contributed by atoms with van der Waals surface area (Å²) in [7, 11) is 0. The molecule has 0 rings (SSSR count). The highest BCUT2D eigenvalue weighted by molar-refractivity contribution is 5.77. The van der Waals surface area contributed by atoms with Crippen molar-refractivity contribution in [2.75, 3.05) is 6.54 Å². The van der Waals surface area contributed by atoms with Crippen LogP contribution in [-0.2, 0) is 9.59 Å². The molecule has 0 radical (unpaired) electrons. The molecule has 0 aromatic heterocycles. The number of carbonyl (C=O) groups excluding carboxylic acids is 1. The Hall–Kier alpha value is -1.10. The Morgan fingerprint density at radius 1 is 1.25 bits per heavy atom. The molecular weight excluding hydrogens is 256 g/mol. The molecule has 0 fully saturated rings. The number of hydrogen-bond donors (Lipinski definition) is 3. The van der Waals surface area contributed by atoms with Gasteiger partial charge in [0.05, 0.1) is 6.42 Å². The number of carboxylic acid groups (broad SMARTS) is 1. The fourth-order valence-corrected chi connectivity index (χ4v) is 2.32. The summed E-state index contributed by atoms with van der Waals surface area (Å²) in [6.07, 6.45) is 2.73. The fourth-order valence-electron chi connectivity index (χ4n) is 2.32.